The lowest BCUT2D eigenvalue weighted by Gasteiger charge is -2.15. The van der Waals surface area contributed by atoms with Crippen LogP contribution < -0.4 is 4.74 Å². The molecule has 1 atom stereocenters. The molecule has 0 bridgehead atoms. The van der Waals surface area contributed by atoms with Crippen LogP contribution in [0.2, 0.25) is 0 Å². The number of rotatable bonds is 9. The SMILES string of the molecule is CCC(Oc1ccc(/C(C)=N/OCc2cc(C(C)(C)C)nn2-c2ccc(C)cc2)cc1C)C(=O)O. The van der Waals surface area contributed by atoms with E-state index in [1.54, 1.807) is 13.0 Å². The van der Waals surface area contributed by atoms with Gasteiger partial charge in [0.25, 0.3) is 0 Å². The van der Waals surface area contributed by atoms with Crippen LogP contribution in [0.25, 0.3) is 5.69 Å². The third-order valence-corrected chi connectivity index (χ3v) is 5.75. The van der Waals surface area contributed by atoms with Crippen molar-refractivity contribution in [3.05, 3.63) is 76.6 Å². The maximum Gasteiger partial charge on any atom is 0.344 e. The second-order valence-corrected chi connectivity index (χ2v) is 9.80. The Balaban J connectivity index is 1.77. The van der Waals surface area contributed by atoms with Crippen LogP contribution in [0.5, 0.6) is 5.75 Å². The van der Waals surface area contributed by atoms with Crippen molar-refractivity contribution in [1.29, 1.82) is 0 Å². The van der Waals surface area contributed by atoms with Gasteiger partial charge in [-0.2, -0.15) is 5.10 Å². The first kappa shape index (κ1) is 26.0. The second-order valence-electron chi connectivity index (χ2n) is 9.80. The van der Waals surface area contributed by atoms with E-state index < -0.39 is 12.1 Å². The van der Waals surface area contributed by atoms with Crippen molar-refractivity contribution in [2.24, 2.45) is 5.16 Å². The van der Waals surface area contributed by atoms with E-state index in [1.165, 1.54) is 5.56 Å². The lowest BCUT2D eigenvalue weighted by Crippen LogP contribution is -2.26. The molecule has 1 N–H and O–H groups in total. The van der Waals surface area contributed by atoms with Gasteiger partial charge in [0.1, 0.15) is 5.75 Å². The van der Waals surface area contributed by atoms with Gasteiger partial charge in [-0.15, -0.1) is 0 Å². The first-order valence-electron chi connectivity index (χ1n) is 11.8. The number of hydrogen-bond acceptors (Lipinski definition) is 5. The Hall–Kier alpha value is -3.61. The van der Waals surface area contributed by atoms with Crippen molar-refractivity contribution in [3.63, 3.8) is 0 Å². The van der Waals surface area contributed by atoms with Gasteiger partial charge in [0.15, 0.2) is 12.7 Å². The van der Waals surface area contributed by atoms with E-state index in [0.29, 0.717) is 17.9 Å². The third kappa shape index (κ3) is 6.50. The molecule has 0 aliphatic rings. The zero-order chi connectivity index (χ0) is 25.8. The van der Waals surface area contributed by atoms with Gasteiger partial charge in [-0.25, -0.2) is 9.48 Å². The second kappa shape index (κ2) is 10.8. The van der Waals surface area contributed by atoms with Crippen LogP contribution in [0.15, 0.2) is 53.7 Å². The molecule has 3 aromatic rings. The number of ether oxygens (including phenoxy) is 1. The van der Waals surface area contributed by atoms with Crippen molar-refractivity contribution in [3.8, 4) is 11.4 Å². The van der Waals surface area contributed by atoms with Gasteiger partial charge in [0.05, 0.1) is 22.8 Å². The molecule has 35 heavy (non-hydrogen) atoms. The van der Waals surface area contributed by atoms with Crippen LogP contribution in [0, 0.1) is 13.8 Å². The molecule has 0 saturated carbocycles. The molecule has 0 radical (unpaired) electrons. The van der Waals surface area contributed by atoms with Gasteiger partial charge >= 0.3 is 5.97 Å². The lowest BCUT2D eigenvalue weighted by molar-refractivity contribution is -0.145. The normalized spacial score (nSPS) is 12.9. The first-order chi connectivity index (χ1) is 16.5. The monoisotopic (exact) mass is 477 g/mol. The van der Waals surface area contributed by atoms with Gasteiger partial charge < -0.3 is 14.7 Å². The highest BCUT2D eigenvalue weighted by molar-refractivity contribution is 5.98. The molecule has 1 unspecified atom stereocenters. The summed E-state index contributed by atoms with van der Waals surface area (Å²) in [5.74, 6) is -0.421. The summed E-state index contributed by atoms with van der Waals surface area (Å²) in [7, 11) is 0. The average molecular weight is 478 g/mol. The van der Waals surface area contributed by atoms with Crippen LogP contribution in [0.3, 0.4) is 0 Å². The van der Waals surface area contributed by atoms with Gasteiger partial charge in [-0.1, -0.05) is 50.5 Å². The van der Waals surface area contributed by atoms with Crippen LogP contribution in [0.4, 0.5) is 0 Å². The van der Waals surface area contributed by atoms with Crippen molar-refractivity contribution < 1.29 is 19.5 Å². The minimum Gasteiger partial charge on any atom is -0.479 e. The van der Waals surface area contributed by atoms with Gasteiger partial charge in [0, 0.05) is 5.41 Å². The number of aryl methyl sites for hydroxylation is 2. The Morgan fingerprint density at radius 2 is 1.80 bits per heavy atom. The molecule has 0 aliphatic heterocycles. The third-order valence-electron chi connectivity index (χ3n) is 5.75. The maximum absolute atomic E-state index is 11.3. The summed E-state index contributed by atoms with van der Waals surface area (Å²) in [5.41, 5.74) is 6.39. The summed E-state index contributed by atoms with van der Waals surface area (Å²) in [6, 6.07) is 15.8. The summed E-state index contributed by atoms with van der Waals surface area (Å²) in [4.78, 5) is 17.0. The molecular weight excluding hydrogens is 442 g/mol. The molecule has 0 amide bonds. The Morgan fingerprint density at radius 3 is 2.37 bits per heavy atom. The fraction of sp³-hybridized carbons (Fsp3) is 0.393. The summed E-state index contributed by atoms with van der Waals surface area (Å²) in [6.45, 7) is 14.3. The van der Waals surface area contributed by atoms with Crippen LogP contribution in [-0.4, -0.2) is 32.7 Å². The summed E-state index contributed by atoms with van der Waals surface area (Å²) < 4.78 is 7.55. The molecule has 2 aromatic carbocycles. The van der Waals surface area contributed by atoms with Crippen molar-refractivity contribution in [2.75, 3.05) is 0 Å². The van der Waals surface area contributed by atoms with Crippen molar-refractivity contribution in [1.82, 2.24) is 9.78 Å². The number of hydrogen-bond donors (Lipinski definition) is 1. The molecule has 186 valence electrons. The van der Waals surface area contributed by atoms with Crippen molar-refractivity contribution >= 4 is 11.7 Å². The maximum atomic E-state index is 11.3. The minimum atomic E-state index is -0.971. The standard InChI is InChI=1S/C28H35N3O4/c1-8-24(27(32)33)35-25-14-11-21(15-19(25)3)20(4)30-34-17-23-16-26(28(5,6)7)29-31(23)22-12-9-18(2)10-13-22/h9-16,24H,8,17H2,1-7H3,(H,32,33)/b30-20+. The molecule has 0 aliphatic carbocycles. The van der Waals surface area contributed by atoms with Crippen LogP contribution in [0.1, 0.15) is 69.1 Å². The highest BCUT2D eigenvalue weighted by Crippen LogP contribution is 2.25. The molecule has 7 heteroatoms. The lowest BCUT2D eigenvalue weighted by atomic mass is 9.92. The van der Waals surface area contributed by atoms with E-state index in [9.17, 15) is 9.90 Å². The fourth-order valence-corrected chi connectivity index (χ4v) is 3.51. The van der Waals surface area contributed by atoms with E-state index >= 15 is 0 Å². The number of carboxylic acid groups (broad SMARTS) is 1. The predicted octanol–water partition coefficient (Wildman–Crippen LogP) is 5.97. The molecular formula is C28H35N3O4. The predicted molar refractivity (Wildman–Crippen MR) is 138 cm³/mol. The molecule has 7 nitrogen and oxygen atoms in total. The molecule has 1 aromatic heterocycles. The zero-order valence-electron chi connectivity index (χ0n) is 21.6. The molecule has 3 rings (SSSR count). The number of benzene rings is 2. The molecule has 1 heterocycles. The van der Waals surface area contributed by atoms with Crippen molar-refractivity contribution in [2.45, 2.75) is 73.0 Å². The topological polar surface area (TPSA) is 85.9 Å². The summed E-state index contributed by atoms with van der Waals surface area (Å²) in [5, 5.41) is 18.4. The molecule has 0 spiro atoms. The smallest absolute Gasteiger partial charge is 0.344 e. The van der Waals surface area contributed by atoms with Gasteiger partial charge in [0.2, 0.25) is 0 Å². The zero-order valence-corrected chi connectivity index (χ0v) is 21.6. The largest absolute Gasteiger partial charge is 0.479 e. The molecule has 0 fully saturated rings. The Kier molecular flexibility index (Phi) is 7.99. The van der Waals surface area contributed by atoms with E-state index in [2.05, 4.69) is 51.0 Å². The van der Waals surface area contributed by atoms with Gasteiger partial charge in [-0.05, 0) is 74.7 Å². The summed E-state index contributed by atoms with van der Waals surface area (Å²) >= 11 is 0. The highest BCUT2D eigenvalue weighted by Gasteiger charge is 2.21. The van der Waals surface area contributed by atoms with E-state index in [1.807, 2.05) is 42.8 Å². The van der Waals surface area contributed by atoms with Crippen LogP contribution >= 0.6 is 0 Å². The Labute approximate surface area is 207 Å². The Morgan fingerprint density at radius 1 is 1.11 bits per heavy atom. The number of carbonyl (C=O) groups is 1. The number of nitrogens with zero attached hydrogens (tertiary/aromatic N) is 3. The van der Waals surface area contributed by atoms with E-state index in [0.717, 1.165) is 28.2 Å². The number of aliphatic carboxylic acids is 1. The summed E-state index contributed by atoms with van der Waals surface area (Å²) in [6.07, 6.45) is -0.477. The number of aromatic nitrogens is 2. The van der Waals surface area contributed by atoms with E-state index in [4.69, 9.17) is 14.7 Å². The minimum absolute atomic E-state index is 0.0946. The van der Waals surface area contributed by atoms with Crippen LogP contribution in [-0.2, 0) is 21.7 Å². The number of oxime groups is 1. The number of carboxylic acids is 1. The Bertz CT molecular complexity index is 1200. The fourth-order valence-electron chi connectivity index (χ4n) is 3.51. The molecule has 0 saturated heterocycles. The van der Waals surface area contributed by atoms with Gasteiger partial charge in [-0.3, -0.25) is 0 Å². The highest BCUT2D eigenvalue weighted by atomic mass is 16.6. The quantitative estimate of drug-likeness (QED) is 0.303. The van der Waals surface area contributed by atoms with E-state index in [-0.39, 0.29) is 12.0 Å². The first-order valence-corrected chi connectivity index (χ1v) is 11.8. The average Bonchev–Trinajstić information content (AvgIpc) is 3.23.